The molecule has 1 unspecified atom stereocenters. The van der Waals surface area contributed by atoms with Crippen LogP contribution in [0.1, 0.15) is 34.1 Å². The van der Waals surface area contributed by atoms with E-state index in [1.54, 1.807) is 7.05 Å². The van der Waals surface area contributed by atoms with Gasteiger partial charge in [-0.25, -0.2) is 0 Å². The molecule has 0 radical (unpaired) electrons. The number of nitrogens with one attached hydrogen (secondary N) is 2. The van der Waals surface area contributed by atoms with Crippen LogP contribution in [0.5, 0.6) is 0 Å². The SMILES string of the molecule is CN=C1NC(=O)C2(CC(C)(C)OC2(C)C)N1. The first-order valence-corrected chi connectivity index (χ1v) is 5.49. The third-order valence-corrected chi connectivity index (χ3v) is 3.43. The van der Waals surface area contributed by atoms with Gasteiger partial charge in [0.1, 0.15) is 0 Å². The fourth-order valence-corrected chi connectivity index (χ4v) is 2.83. The second-order valence-electron chi connectivity index (χ2n) is 5.61. The number of carbonyl (C=O) groups excluding carboxylic acids is 1. The molecule has 1 amide bonds. The normalized spacial score (nSPS) is 37.8. The molecule has 2 N–H and O–H groups in total. The molecule has 0 aromatic heterocycles. The van der Waals surface area contributed by atoms with Gasteiger partial charge >= 0.3 is 0 Å². The van der Waals surface area contributed by atoms with E-state index < -0.39 is 11.1 Å². The molecule has 2 heterocycles. The summed E-state index contributed by atoms with van der Waals surface area (Å²) in [4.78, 5) is 16.1. The minimum Gasteiger partial charge on any atom is -0.367 e. The average Bonchev–Trinajstić information content (AvgIpc) is 2.50. The van der Waals surface area contributed by atoms with Gasteiger partial charge in [0.05, 0.1) is 11.2 Å². The number of rotatable bonds is 0. The van der Waals surface area contributed by atoms with E-state index in [4.69, 9.17) is 4.74 Å². The highest BCUT2D eigenvalue weighted by Gasteiger charge is 2.64. The zero-order valence-corrected chi connectivity index (χ0v) is 10.5. The molecule has 2 aliphatic rings. The van der Waals surface area contributed by atoms with Crippen molar-refractivity contribution in [3.8, 4) is 0 Å². The number of aliphatic imine (C=N–C) groups is 1. The van der Waals surface area contributed by atoms with Crippen molar-refractivity contribution in [1.29, 1.82) is 0 Å². The standard InChI is InChI=1S/C11H19N3O2/c1-9(2)6-11(10(3,4)16-9)7(15)13-8(12-5)14-11/h6H2,1-5H3,(H2,12,13,14,15). The highest BCUT2D eigenvalue weighted by Crippen LogP contribution is 2.46. The van der Waals surface area contributed by atoms with Gasteiger partial charge in [0.25, 0.3) is 5.91 Å². The quantitative estimate of drug-likeness (QED) is 0.627. The Bertz CT molecular complexity index is 373. The van der Waals surface area contributed by atoms with Crippen molar-refractivity contribution in [1.82, 2.24) is 10.6 Å². The second-order valence-corrected chi connectivity index (χ2v) is 5.61. The summed E-state index contributed by atoms with van der Waals surface area (Å²) in [6.07, 6.45) is 0.637. The maximum absolute atomic E-state index is 12.1. The van der Waals surface area contributed by atoms with Gasteiger partial charge in [0, 0.05) is 13.5 Å². The zero-order chi connectivity index (χ0) is 12.2. The van der Waals surface area contributed by atoms with E-state index in [1.165, 1.54) is 0 Å². The third kappa shape index (κ3) is 1.34. The Morgan fingerprint density at radius 1 is 1.31 bits per heavy atom. The Balaban J connectivity index is 2.43. The summed E-state index contributed by atoms with van der Waals surface area (Å²) in [5, 5.41) is 5.93. The Hall–Kier alpha value is -1.10. The summed E-state index contributed by atoms with van der Waals surface area (Å²) in [7, 11) is 1.65. The number of ether oxygens (including phenoxy) is 1. The number of carbonyl (C=O) groups is 1. The first kappa shape index (κ1) is 11.4. The highest BCUT2D eigenvalue weighted by atomic mass is 16.5. The van der Waals surface area contributed by atoms with Crippen LogP contribution in [-0.4, -0.2) is 35.7 Å². The molecule has 2 saturated heterocycles. The molecule has 0 aromatic carbocycles. The van der Waals surface area contributed by atoms with Gasteiger partial charge in [-0.05, 0) is 27.7 Å². The lowest BCUT2D eigenvalue weighted by Crippen LogP contribution is -2.59. The van der Waals surface area contributed by atoms with Crippen molar-refractivity contribution in [2.24, 2.45) is 4.99 Å². The topological polar surface area (TPSA) is 62.7 Å². The van der Waals surface area contributed by atoms with Crippen molar-refractivity contribution in [3.05, 3.63) is 0 Å². The van der Waals surface area contributed by atoms with E-state index in [0.29, 0.717) is 12.4 Å². The lowest BCUT2D eigenvalue weighted by molar-refractivity contribution is -0.131. The van der Waals surface area contributed by atoms with E-state index >= 15 is 0 Å². The minimum atomic E-state index is -0.703. The zero-order valence-electron chi connectivity index (χ0n) is 10.5. The van der Waals surface area contributed by atoms with Gasteiger partial charge in [0.2, 0.25) is 0 Å². The van der Waals surface area contributed by atoms with Gasteiger partial charge < -0.3 is 10.1 Å². The number of hydrogen-bond acceptors (Lipinski definition) is 3. The molecule has 16 heavy (non-hydrogen) atoms. The number of guanidine groups is 1. The van der Waals surface area contributed by atoms with Crippen LogP contribution < -0.4 is 10.6 Å². The average molecular weight is 225 g/mol. The van der Waals surface area contributed by atoms with Crippen LogP contribution in [-0.2, 0) is 9.53 Å². The second kappa shape index (κ2) is 2.97. The Morgan fingerprint density at radius 3 is 2.31 bits per heavy atom. The van der Waals surface area contributed by atoms with Gasteiger partial charge in [0.15, 0.2) is 11.5 Å². The maximum atomic E-state index is 12.1. The predicted molar refractivity (Wildman–Crippen MR) is 61.2 cm³/mol. The molecule has 5 heteroatoms. The monoisotopic (exact) mass is 225 g/mol. The molecule has 0 bridgehead atoms. The molecular weight excluding hydrogens is 206 g/mol. The van der Waals surface area contributed by atoms with Gasteiger partial charge in [-0.3, -0.25) is 15.1 Å². The molecule has 2 rings (SSSR count). The van der Waals surface area contributed by atoms with Crippen LogP contribution in [0.4, 0.5) is 0 Å². The van der Waals surface area contributed by atoms with Crippen LogP contribution in [0, 0.1) is 0 Å². The molecule has 2 fully saturated rings. The van der Waals surface area contributed by atoms with Crippen LogP contribution >= 0.6 is 0 Å². The summed E-state index contributed by atoms with van der Waals surface area (Å²) in [5.41, 5.74) is -1.56. The van der Waals surface area contributed by atoms with Crippen LogP contribution in [0.15, 0.2) is 4.99 Å². The van der Waals surface area contributed by atoms with E-state index in [-0.39, 0.29) is 11.5 Å². The number of amides is 1. The maximum Gasteiger partial charge on any atom is 0.255 e. The smallest absolute Gasteiger partial charge is 0.255 e. The Labute approximate surface area is 95.6 Å². The molecule has 0 aromatic rings. The largest absolute Gasteiger partial charge is 0.367 e. The summed E-state index contributed by atoms with van der Waals surface area (Å²) < 4.78 is 5.96. The van der Waals surface area contributed by atoms with Gasteiger partial charge in [-0.1, -0.05) is 0 Å². The molecule has 1 atom stereocenters. The first-order chi connectivity index (χ1) is 7.22. The van der Waals surface area contributed by atoms with E-state index in [0.717, 1.165) is 0 Å². The Morgan fingerprint density at radius 2 is 1.94 bits per heavy atom. The third-order valence-electron chi connectivity index (χ3n) is 3.43. The van der Waals surface area contributed by atoms with Crippen molar-refractivity contribution < 1.29 is 9.53 Å². The molecular formula is C11H19N3O2. The number of nitrogens with zero attached hydrogens (tertiary/aromatic N) is 1. The molecule has 0 saturated carbocycles. The molecule has 2 aliphatic heterocycles. The summed E-state index contributed by atoms with van der Waals surface area (Å²) >= 11 is 0. The van der Waals surface area contributed by atoms with Gasteiger partial charge in [-0.15, -0.1) is 0 Å². The predicted octanol–water partition coefficient (Wildman–Crippen LogP) is 0.408. The summed E-state index contributed by atoms with van der Waals surface area (Å²) in [6.45, 7) is 7.87. The molecule has 1 spiro atoms. The number of hydrogen-bond donors (Lipinski definition) is 2. The van der Waals surface area contributed by atoms with Crippen LogP contribution in [0.25, 0.3) is 0 Å². The van der Waals surface area contributed by atoms with E-state index in [9.17, 15) is 4.79 Å². The molecule has 0 aliphatic carbocycles. The lowest BCUT2D eigenvalue weighted by atomic mass is 9.79. The molecule has 5 nitrogen and oxygen atoms in total. The minimum absolute atomic E-state index is 0.0522. The van der Waals surface area contributed by atoms with Crippen molar-refractivity contribution >= 4 is 11.9 Å². The van der Waals surface area contributed by atoms with E-state index in [1.807, 2.05) is 27.7 Å². The van der Waals surface area contributed by atoms with Crippen LogP contribution in [0.3, 0.4) is 0 Å². The summed E-state index contributed by atoms with van der Waals surface area (Å²) in [5.74, 6) is 0.475. The van der Waals surface area contributed by atoms with E-state index in [2.05, 4.69) is 15.6 Å². The Kier molecular flexibility index (Phi) is 2.11. The summed E-state index contributed by atoms with van der Waals surface area (Å²) in [6, 6.07) is 0. The van der Waals surface area contributed by atoms with Crippen molar-refractivity contribution in [2.75, 3.05) is 7.05 Å². The molecule has 90 valence electrons. The van der Waals surface area contributed by atoms with Crippen LogP contribution in [0.2, 0.25) is 0 Å². The first-order valence-electron chi connectivity index (χ1n) is 5.49. The van der Waals surface area contributed by atoms with Crippen molar-refractivity contribution in [2.45, 2.75) is 50.9 Å². The highest BCUT2D eigenvalue weighted by molar-refractivity contribution is 6.10. The lowest BCUT2D eigenvalue weighted by Gasteiger charge is -2.33. The fourth-order valence-electron chi connectivity index (χ4n) is 2.83. The van der Waals surface area contributed by atoms with Gasteiger partial charge in [-0.2, -0.15) is 0 Å². The fraction of sp³-hybridized carbons (Fsp3) is 0.818. The van der Waals surface area contributed by atoms with Crippen molar-refractivity contribution in [3.63, 3.8) is 0 Å².